The zero-order valence-corrected chi connectivity index (χ0v) is 21.3. The Balaban J connectivity index is 4.85. The summed E-state index contributed by atoms with van der Waals surface area (Å²) in [6.45, 7) is 12.1. The molecule has 0 saturated carbocycles. The van der Waals surface area contributed by atoms with Crippen LogP contribution in [0.4, 0.5) is 0 Å². The second-order valence-corrected chi connectivity index (χ2v) is 20.2. The van der Waals surface area contributed by atoms with E-state index in [1.165, 1.54) is 0 Å². The molecule has 27 heavy (non-hydrogen) atoms. The summed E-state index contributed by atoms with van der Waals surface area (Å²) in [5.41, 5.74) is 0. The van der Waals surface area contributed by atoms with Crippen molar-refractivity contribution in [1.29, 1.82) is 0 Å². The molecule has 0 aliphatic heterocycles. The first-order valence-electron chi connectivity index (χ1n) is 9.11. The molecule has 1 atom stereocenters. The van der Waals surface area contributed by atoms with Crippen molar-refractivity contribution in [2.24, 2.45) is 0 Å². The summed E-state index contributed by atoms with van der Waals surface area (Å²) in [5, 5.41) is 3.12. The van der Waals surface area contributed by atoms with Crippen molar-refractivity contribution in [3.63, 3.8) is 0 Å². The Bertz CT molecular complexity index is 465. The van der Waals surface area contributed by atoms with E-state index in [4.69, 9.17) is 22.1 Å². The highest BCUT2D eigenvalue weighted by atomic mass is 28.4. The predicted molar refractivity (Wildman–Crippen MR) is 111 cm³/mol. The van der Waals surface area contributed by atoms with Gasteiger partial charge in [-0.05, 0) is 52.2 Å². The fourth-order valence-electron chi connectivity index (χ4n) is 2.30. The van der Waals surface area contributed by atoms with E-state index in [2.05, 4.69) is 5.32 Å². The molecule has 0 aromatic heterocycles. The highest BCUT2D eigenvalue weighted by Crippen LogP contribution is 2.15. The minimum atomic E-state index is -2.65. The molecule has 0 spiro atoms. The second kappa shape index (κ2) is 11.4. The number of carbonyl (C=O) groups excluding carboxylic acids is 2. The summed E-state index contributed by atoms with van der Waals surface area (Å²) in [6.07, 6.45) is 0.622. The molecule has 1 unspecified atom stereocenters. The molecule has 0 bridgehead atoms. The Kier molecular flexibility index (Phi) is 11.2. The van der Waals surface area contributed by atoms with Crippen LogP contribution in [0.2, 0.25) is 45.3 Å². The van der Waals surface area contributed by atoms with Crippen LogP contribution in [0.3, 0.4) is 0 Å². The molecule has 160 valence electrons. The SMILES string of the molecule is CO[Si](CCCNC(CC(=O)O[Si](C)(C)C)C(=O)O[Si](C)(C)C)(OC)OC. The maximum Gasteiger partial charge on any atom is 0.500 e. The first kappa shape index (κ1) is 26.4. The molecule has 0 saturated heterocycles. The number of carbonyl (C=O) groups is 2. The van der Waals surface area contributed by atoms with E-state index in [1.54, 1.807) is 21.3 Å². The quantitative estimate of drug-likeness (QED) is 0.345. The van der Waals surface area contributed by atoms with E-state index in [9.17, 15) is 9.59 Å². The van der Waals surface area contributed by atoms with Crippen LogP contribution in [0.15, 0.2) is 0 Å². The highest BCUT2D eigenvalue weighted by molar-refractivity contribution is 6.71. The third-order valence-electron chi connectivity index (χ3n) is 3.47. The van der Waals surface area contributed by atoms with Gasteiger partial charge in [-0.3, -0.25) is 9.59 Å². The molecule has 0 aromatic carbocycles. The summed E-state index contributed by atoms with van der Waals surface area (Å²) in [6, 6.07) is -0.136. The Morgan fingerprint density at radius 1 is 0.852 bits per heavy atom. The fourth-order valence-corrected chi connectivity index (χ4v) is 5.53. The van der Waals surface area contributed by atoms with Gasteiger partial charge in [-0.15, -0.1) is 0 Å². The highest BCUT2D eigenvalue weighted by Gasteiger charge is 2.37. The van der Waals surface area contributed by atoms with Gasteiger partial charge in [0.1, 0.15) is 6.04 Å². The second-order valence-electron chi connectivity index (χ2n) is 8.23. The summed E-state index contributed by atoms with van der Waals surface area (Å²) in [5.74, 6) is -0.788. The minimum absolute atomic E-state index is 0.0466. The van der Waals surface area contributed by atoms with E-state index >= 15 is 0 Å². The van der Waals surface area contributed by atoms with E-state index in [0.29, 0.717) is 19.0 Å². The molecule has 0 amide bonds. The van der Waals surface area contributed by atoms with Gasteiger partial charge in [0, 0.05) is 27.4 Å². The van der Waals surface area contributed by atoms with Crippen molar-refractivity contribution in [2.45, 2.75) is 64.2 Å². The Morgan fingerprint density at radius 3 is 1.74 bits per heavy atom. The lowest BCUT2D eigenvalue weighted by Crippen LogP contribution is -2.46. The van der Waals surface area contributed by atoms with E-state index in [1.807, 2.05) is 39.3 Å². The zero-order valence-electron chi connectivity index (χ0n) is 18.3. The van der Waals surface area contributed by atoms with Crippen LogP contribution >= 0.6 is 0 Å². The Morgan fingerprint density at radius 2 is 1.33 bits per heavy atom. The molecule has 11 heteroatoms. The first-order chi connectivity index (χ1) is 12.3. The molecule has 0 fully saturated rings. The zero-order chi connectivity index (χ0) is 21.3. The van der Waals surface area contributed by atoms with Crippen LogP contribution in [0.1, 0.15) is 12.8 Å². The van der Waals surface area contributed by atoms with Gasteiger partial charge in [0.25, 0.3) is 5.97 Å². The monoisotopic (exact) mass is 439 g/mol. The molecule has 1 N–H and O–H groups in total. The Labute approximate surface area is 166 Å². The summed E-state index contributed by atoms with van der Waals surface area (Å²) in [7, 11) is -2.04. The molecule has 0 rings (SSSR count). The summed E-state index contributed by atoms with van der Waals surface area (Å²) in [4.78, 5) is 24.7. The molecule has 0 radical (unpaired) electrons. The van der Waals surface area contributed by atoms with Gasteiger partial charge in [-0.1, -0.05) is 0 Å². The number of nitrogens with one attached hydrogen (secondary N) is 1. The molecule has 0 heterocycles. The van der Waals surface area contributed by atoms with Crippen molar-refractivity contribution in [1.82, 2.24) is 5.32 Å². The van der Waals surface area contributed by atoms with Crippen LogP contribution in [-0.2, 0) is 31.7 Å². The average Bonchev–Trinajstić information content (AvgIpc) is 2.51. The van der Waals surface area contributed by atoms with Crippen molar-refractivity contribution in [3.8, 4) is 0 Å². The van der Waals surface area contributed by atoms with Crippen LogP contribution in [0, 0.1) is 0 Å². The van der Waals surface area contributed by atoms with Crippen molar-refractivity contribution >= 4 is 37.4 Å². The number of hydrogen-bond donors (Lipinski definition) is 1. The topological polar surface area (TPSA) is 92.3 Å². The maximum atomic E-state index is 12.5. The summed E-state index contributed by atoms with van der Waals surface area (Å²) < 4.78 is 27.2. The van der Waals surface area contributed by atoms with Crippen LogP contribution in [-0.4, -0.2) is 71.3 Å². The lowest BCUT2D eigenvalue weighted by Gasteiger charge is -2.26. The predicted octanol–water partition coefficient (Wildman–Crippen LogP) is 2.36. The smallest absolute Gasteiger partial charge is 0.500 e. The van der Waals surface area contributed by atoms with Crippen LogP contribution in [0.5, 0.6) is 0 Å². The molecule has 8 nitrogen and oxygen atoms in total. The lowest BCUT2D eigenvalue weighted by atomic mass is 10.2. The van der Waals surface area contributed by atoms with Gasteiger partial charge in [-0.25, -0.2) is 0 Å². The number of rotatable bonds is 13. The largest absolute Gasteiger partial charge is 0.520 e. The molecular formula is C16H37NO7Si3. The van der Waals surface area contributed by atoms with Gasteiger partial charge in [-0.2, -0.15) is 0 Å². The standard InChI is InChI=1S/C16H37NO7Si3/c1-20-27(21-2,22-3)12-10-11-17-14(16(19)24-26(7,8)9)13-15(18)23-25(4,5)6/h14,17H,10-13H2,1-9H3. The lowest BCUT2D eigenvalue weighted by molar-refractivity contribution is -0.143. The average molecular weight is 440 g/mol. The van der Waals surface area contributed by atoms with Gasteiger partial charge >= 0.3 is 14.8 Å². The first-order valence-corrected chi connectivity index (χ1v) is 17.9. The van der Waals surface area contributed by atoms with Crippen molar-refractivity contribution in [2.75, 3.05) is 27.9 Å². The molecule has 0 aromatic rings. The number of hydrogen-bond acceptors (Lipinski definition) is 8. The Hall–Kier alpha value is -0.569. The maximum absolute atomic E-state index is 12.5. The van der Waals surface area contributed by atoms with Crippen LogP contribution < -0.4 is 5.32 Å². The fraction of sp³-hybridized carbons (Fsp3) is 0.875. The van der Waals surface area contributed by atoms with Crippen LogP contribution in [0.25, 0.3) is 0 Å². The minimum Gasteiger partial charge on any atom is -0.520 e. The van der Waals surface area contributed by atoms with Gasteiger partial charge < -0.3 is 27.4 Å². The normalized spacial score (nSPS) is 14.0. The third kappa shape index (κ3) is 11.8. The van der Waals surface area contributed by atoms with E-state index < -0.39 is 37.5 Å². The van der Waals surface area contributed by atoms with E-state index in [-0.39, 0.29) is 12.4 Å². The van der Waals surface area contributed by atoms with Gasteiger partial charge in [0.15, 0.2) is 0 Å². The molecule has 0 aliphatic rings. The molecule has 0 aliphatic carbocycles. The van der Waals surface area contributed by atoms with Crippen molar-refractivity contribution < 1.29 is 31.7 Å². The summed E-state index contributed by atoms with van der Waals surface area (Å²) >= 11 is 0. The van der Waals surface area contributed by atoms with Gasteiger partial charge in [0.2, 0.25) is 16.6 Å². The van der Waals surface area contributed by atoms with E-state index in [0.717, 1.165) is 0 Å². The van der Waals surface area contributed by atoms with Crippen molar-refractivity contribution in [3.05, 3.63) is 0 Å². The molecular weight excluding hydrogens is 402 g/mol. The van der Waals surface area contributed by atoms with Gasteiger partial charge in [0.05, 0.1) is 6.42 Å². The third-order valence-corrected chi connectivity index (χ3v) is 7.95.